The van der Waals surface area contributed by atoms with Crippen molar-refractivity contribution in [1.29, 1.82) is 0 Å². The Hall–Kier alpha value is -2.13. The molecule has 0 aliphatic heterocycles. The number of fused-ring (bicyclic) bond motifs is 1. The summed E-state index contributed by atoms with van der Waals surface area (Å²) in [7, 11) is 1.70. The van der Waals surface area contributed by atoms with E-state index in [-0.39, 0.29) is 0 Å². The van der Waals surface area contributed by atoms with E-state index in [4.69, 9.17) is 4.74 Å². The van der Waals surface area contributed by atoms with Gasteiger partial charge >= 0.3 is 0 Å². The molecule has 3 rings (SSSR count). The Labute approximate surface area is 116 Å². The van der Waals surface area contributed by atoms with Crippen LogP contribution in [0.5, 0.6) is 5.75 Å². The Balaban J connectivity index is 2.03. The van der Waals surface area contributed by atoms with E-state index >= 15 is 0 Å². The van der Waals surface area contributed by atoms with Gasteiger partial charge < -0.3 is 4.74 Å². The van der Waals surface area contributed by atoms with Crippen LogP contribution in [-0.2, 0) is 0 Å². The molecule has 0 saturated heterocycles. The Kier molecular flexibility index (Phi) is 3.29. The Morgan fingerprint density at radius 1 is 1.00 bits per heavy atom. The predicted octanol–water partition coefficient (Wildman–Crippen LogP) is 4.66. The highest BCUT2D eigenvalue weighted by molar-refractivity contribution is 7.21. The quantitative estimate of drug-likeness (QED) is 0.632. The lowest BCUT2D eigenvalue weighted by molar-refractivity contribution is 0.421. The number of aliphatic imine (C=N–C) groups is 1. The van der Waals surface area contributed by atoms with E-state index in [1.165, 1.54) is 4.70 Å². The van der Waals surface area contributed by atoms with Crippen molar-refractivity contribution in [1.82, 2.24) is 0 Å². The van der Waals surface area contributed by atoms with Crippen LogP contribution in [0.3, 0.4) is 0 Å². The van der Waals surface area contributed by atoms with Gasteiger partial charge in [-0.25, -0.2) is 0 Å². The van der Waals surface area contributed by atoms with Gasteiger partial charge in [-0.2, -0.15) is 0 Å². The number of hydrogen-bond acceptors (Lipinski definition) is 3. The van der Waals surface area contributed by atoms with E-state index in [2.05, 4.69) is 17.1 Å². The first kappa shape index (κ1) is 11.9. The van der Waals surface area contributed by atoms with E-state index in [0.717, 1.165) is 21.7 Å². The van der Waals surface area contributed by atoms with E-state index in [0.29, 0.717) is 0 Å². The van der Waals surface area contributed by atoms with Gasteiger partial charge in [0.25, 0.3) is 0 Å². The maximum atomic E-state index is 5.51. The second-order valence-corrected chi connectivity index (χ2v) is 5.17. The summed E-state index contributed by atoms with van der Waals surface area (Å²) in [5, 5.41) is 1.14. The molecule has 0 radical (unpaired) electrons. The van der Waals surface area contributed by atoms with Crippen molar-refractivity contribution in [2.24, 2.45) is 4.99 Å². The third-order valence-corrected chi connectivity index (χ3v) is 3.95. The molecule has 94 valence electrons. The van der Waals surface area contributed by atoms with Crippen LogP contribution in [0, 0.1) is 0 Å². The van der Waals surface area contributed by atoms with Gasteiger partial charge in [-0.15, -0.1) is 11.3 Å². The Morgan fingerprint density at radius 2 is 1.74 bits per heavy atom. The van der Waals surface area contributed by atoms with E-state index in [1.807, 2.05) is 48.7 Å². The second-order valence-electron chi connectivity index (χ2n) is 4.09. The number of para-hydroxylation sites is 1. The van der Waals surface area contributed by atoms with Gasteiger partial charge in [0.2, 0.25) is 0 Å². The minimum absolute atomic E-state index is 0.903. The molecule has 0 atom stereocenters. The fraction of sp³-hybridized carbons (Fsp3) is 0.0625. The molecule has 3 heteroatoms. The highest BCUT2D eigenvalue weighted by atomic mass is 32.1. The molecule has 2 nitrogen and oxygen atoms in total. The summed E-state index contributed by atoms with van der Waals surface area (Å²) in [4.78, 5) is 5.53. The molecular formula is C16H13NOS. The molecule has 3 aromatic rings. The topological polar surface area (TPSA) is 21.6 Å². The first-order valence-electron chi connectivity index (χ1n) is 6.03. The molecule has 0 fully saturated rings. The highest BCUT2D eigenvalue weighted by Crippen LogP contribution is 2.36. The average Bonchev–Trinajstić information content (AvgIpc) is 2.83. The lowest BCUT2D eigenvalue weighted by Gasteiger charge is -1.98. The molecule has 2 aromatic carbocycles. The Bertz CT molecular complexity index is 716. The first-order chi connectivity index (χ1) is 9.38. The molecule has 19 heavy (non-hydrogen) atoms. The molecule has 0 N–H and O–H groups in total. The normalized spacial score (nSPS) is 11.2. The number of nitrogens with zero attached hydrogens (tertiary/aromatic N) is 1. The first-order valence-corrected chi connectivity index (χ1v) is 6.85. The van der Waals surface area contributed by atoms with E-state index in [1.54, 1.807) is 18.4 Å². The van der Waals surface area contributed by atoms with Crippen LogP contribution >= 0.6 is 11.3 Å². The van der Waals surface area contributed by atoms with Crippen LogP contribution in [0.2, 0.25) is 0 Å². The minimum atomic E-state index is 0.903. The summed E-state index contributed by atoms with van der Waals surface area (Å²) >= 11 is 1.69. The van der Waals surface area contributed by atoms with Crippen molar-refractivity contribution in [2.45, 2.75) is 0 Å². The average molecular weight is 267 g/mol. The van der Waals surface area contributed by atoms with Crippen LogP contribution in [0.15, 0.2) is 59.6 Å². The van der Waals surface area contributed by atoms with Crippen molar-refractivity contribution in [3.05, 3.63) is 59.5 Å². The number of ether oxygens (including phenoxy) is 1. The van der Waals surface area contributed by atoms with Gasteiger partial charge in [0, 0.05) is 16.3 Å². The van der Waals surface area contributed by atoms with Gasteiger partial charge in [0.1, 0.15) is 5.75 Å². The molecule has 0 saturated carbocycles. The van der Waals surface area contributed by atoms with Crippen LogP contribution in [-0.4, -0.2) is 13.3 Å². The fourth-order valence-corrected chi connectivity index (χ4v) is 3.03. The van der Waals surface area contributed by atoms with E-state index in [9.17, 15) is 0 Å². The highest BCUT2D eigenvalue weighted by Gasteiger charge is 2.10. The smallest absolute Gasteiger partial charge is 0.146 e. The fourth-order valence-electron chi connectivity index (χ4n) is 1.98. The summed E-state index contributed by atoms with van der Waals surface area (Å²) in [6.07, 6.45) is 1.87. The zero-order valence-corrected chi connectivity index (χ0v) is 11.4. The standard InChI is InChI=1S/C16H13NOS/c1-18-16-13-9-5-6-10-14(13)19-15(16)11-17-12-7-3-2-4-8-12/h2-11H,1H3. The van der Waals surface area contributed by atoms with Crippen molar-refractivity contribution in [2.75, 3.05) is 7.11 Å². The zero-order valence-electron chi connectivity index (χ0n) is 10.5. The summed E-state index contributed by atoms with van der Waals surface area (Å²) in [5.74, 6) is 0.903. The van der Waals surface area contributed by atoms with Crippen molar-refractivity contribution < 1.29 is 4.74 Å². The van der Waals surface area contributed by atoms with E-state index < -0.39 is 0 Å². The number of methoxy groups -OCH3 is 1. The minimum Gasteiger partial charge on any atom is -0.495 e. The molecule has 0 amide bonds. The summed E-state index contributed by atoms with van der Waals surface area (Å²) in [6, 6.07) is 18.1. The second kappa shape index (κ2) is 5.24. The third kappa shape index (κ3) is 2.37. The van der Waals surface area contributed by atoms with Gasteiger partial charge in [-0.05, 0) is 24.3 Å². The molecule has 0 aliphatic rings. The predicted molar refractivity (Wildman–Crippen MR) is 82.1 cm³/mol. The molecule has 1 aromatic heterocycles. The SMILES string of the molecule is COc1c(C=Nc2ccccc2)sc2ccccc12. The number of thiophene rings is 1. The van der Waals surface area contributed by atoms with Crippen LogP contribution in [0.1, 0.15) is 4.88 Å². The zero-order chi connectivity index (χ0) is 13.1. The van der Waals surface area contributed by atoms with Gasteiger partial charge in [-0.3, -0.25) is 4.99 Å². The van der Waals surface area contributed by atoms with Gasteiger partial charge in [0.05, 0.1) is 17.7 Å². The Morgan fingerprint density at radius 3 is 2.53 bits per heavy atom. The largest absolute Gasteiger partial charge is 0.495 e. The van der Waals surface area contributed by atoms with Gasteiger partial charge in [-0.1, -0.05) is 30.3 Å². The van der Waals surface area contributed by atoms with Crippen LogP contribution in [0.25, 0.3) is 10.1 Å². The molecule has 1 heterocycles. The molecular weight excluding hydrogens is 254 g/mol. The molecule has 0 aliphatic carbocycles. The number of rotatable bonds is 3. The number of benzene rings is 2. The molecule has 0 bridgehead atoms. The third-order valence-electron chi connectivity index (χ3n) is 2.87. The van der Waals surface area contributed by atoms with Crippen molar-refractivity contribution in [3.63, 3.8) is 0 Å². The maximum Gasteiger partial charge on any atom is 0.146 e. The summed E-state index contributed by atoms with van der Waals surface area (Å²) in [5.41, 5.74) is 0.946. The van der Waals surface area contributed by atoms with Crippen molar-refractivity contribution >= 4 is 33.3 Å². The lowest BCUT2D eigenvalue weighted by Crippen LogP contribution is -1.85. The monoisotopic (exact) mass is 267 g/mol. The molecule has 0 spiro atoms. The molecule has 0 unspecified atom stereocenters. The van der Waals surface area contributed by atoms with Gasteiger partial charge in [0.15, 0.2) is 0 Å². The van der Waals surface area contributed by atoms with Crippen LogP contribution in [0.4, 0.5) is 5.69 Å². The lowest BCUT2D eigenvalue weighted by atomic mass is 10.2. The summed E-state index contributed by atoms with van der Waals surface area (Å²) < 4.78 is 6.72. The number of hydrogen-bond donors (Lipinski definition) is 0. The summed E-state index contributed by atoms with van der Waals surface area (Å²) in [6.45, 7) is 0. The van der Waals surface area contributed by atoms with Crippen molar-refractivity contribution in [3.8, 4) is 5.75 Å². The maximum absolute atomic E-state index is 5.51. The van der Waals surface area contributed by atoms with Crippen LogP contribution < -0.4 is 4.74 Å².